The zero-order chi connectivity index (χ0) is 15.7. The van der Waals surface area contributed by atoms with Crippen molar-refractivity contribution in [2.45, 2.75) is 6.92 Å². The fraction of sp³-hybridized carbons (Fsp3) is 0.200. The summed E-state index contributed by atoms with van der Waals surface area (Å²) in [4.78, 5) is 0. The highest BCUT2D eigenvalue weighted by molar-refractivity contribution is 7.94. The van der Waals surface area contributed by atoms with E-state index in [1.54, 1.807) is 43.3 Å². The van der Waals surface area contributed by atoms with Crippen molar-refractivity contribution in [3.8, 4) is 5.75 Å². The van der Waals surface area contributed by atoms with Crippen LogP contribution in [0.3, 0.4) is 0 Å². The minimum absolute atomic E-state index is 0.263. The third-order valence-electron chi connectivity index (χ3n) is 3.40. The van der Waals surface area contributed by atoms with Crippen molar-refractivity contribution in [3.63, 3.8) is 0 Å². The van der Waals surface area contributed by atoms with E-state index in [-0.39, 0.29) is 6.54 Å². The fourth-order valence-electron chi connectivity index (χ4n) is 2.33. The normalized spacial score (nSPS) is 14.2. The average molecular weight is 339 g/mol. The molecule has 3 rings (SSSR count). The highest BCUT2D eigenvalue weighted by atomic mass is 35.5. The number of nitrogens with one attached hydrogen (secondary N) is 1. The number of halogens is 1. The van der Waals surface area contributed by atoms with Crippen LogP contribution >= 0.6 is 11.6 Å². The molecule has 2 aromatic rings. The number of anilines is 2. The molecule has 1 heterocycles. The number of ether oxygens (including phenoxy) is 1. The lowest BCUT2D eigenvalue weighted by Crippen LogP contribution is -2.41. The maximum absolute atomic E-state index is 12.7. The topological polar surface area (TPSA) is 58.6 Å². The van der Waals surface area contributed by atoms with Crippen LogP contribution in [0.4, 0.5) is 11.4 Å². The molecule has 0 saturated carbocycles. The molecule has 0 fully saturated rings. The molecule has 116 valence electrons. The van der Waals surface area contributed by atoms with Gasteiger partial charge in [0, 0.05) is 5.02 Å². The monoisotopic (exact) mass is 338 g/mol. The molecule has 1 aliphatic rings. The first kappa shape index (κ1) is 15.0. The average Bonchev–Trinajstić information content (AvgIpc) is 2.49. The second kappa shape index (κ2) is 5.70. The van der Waals surface area contributed by atoms with Crippen molar-refractivity contribution >= 4 is 33.2 Å². The second-order valence-electron chi connectivity index (χ2n) is 4.95. The van der Waals surface area contributed by atoms with E-state index in [0.717, 1.165) is 5.56 Å². The Balaban J connectivity index is 1.94. The van der Waals surface area contributed by atoms with Gasteiger partial charge in [-0.15, -0.1) is 0 Å². The van der Waals surface area contributed by atoms with Crippen LogP contribution in [0, 0.1) is 6.92 Å². The molecule has 1 N–H and O–H groups in total. The molecular formula is C15H15ClN2O3S. The summed E-state index contributed by atoms with van der Waals surface area (Å²) in [5.41, 5.74) is 1.80. The third kappa shape index (κ3) is 2.84. The largest absolute Gasteiger partial charge is 0.489 e. The zero-order valence-electron chi connectivity index (χ0n) is 11.9. The molecule has 0 aliphatic carbocycles. The summed E-state index contributed by atoms with van der Waals surface area (Å²) in [7, 11) is -3.72. The van der Waals surface area contributed by atoms with Crippen molar-refractivity contribution in [2.24, 2.45) is 0 Å². The molecular weight excluding hydrogens is 324 g/mol. The minimum atomic E-state index is -3.72. The Kier molecular flexibility index (Phi) is 3.88. The molecule has 0 saturated heterocycles. The standard InChI is InChI=1S/C15H15ClN2O3S/c1-11-10-12(16)6-7-13(11)17-22(19,20)18-8-9-21-15-5-3-2-4-14(15)18/h2-7,10,17H,8-9H2,1H3. The smallest absolute Gasteiger partial charge is 0.324 e. The summed E-state index contributed by atoms with van der Waals surface area (Å²) in [5, 5.41) is 0.567. The molecule has 5 nitrogen and oxygen atoms in total. The Labute approximate surface area is 134 Å². The lowest BCUT2D eigenvalue weighted by Gasteiger charge is -2.30. The van der Waals surface area contributed by atoms with Crippen LogP contribution in [0.1, 0.15) is 5.56 Å². The van der Waals surface area contributed by atoms with E-state index in [9.17, 15) is 8.42 Å². The highest BCUT2D eigenvalue weighted by Gasteiger charge is 2.28. The van der Waals surface area contributed by atoms with Gasteiger partial charge in [0.05, 0.1) is 17.9 Å². The molecule has 7 heteroatoms. The van der Waals surface area contributed by atoms with E-state index in [0.29, 0.717) is 28.8 Å². The van der Waals surface area contributed by atoms with Gasteiger partial charge in [-0.1, -0.05) is 23.7 Å². The van der Waals surface area contributed by atoms with Crippen molar-refractivity contribution in [3.05, 3.63) is 53.1 Å². The van der Waals surface area contributed by atoms with Crippen LogP contribution in [-0.4, -0.2) is 21.6 Å². The molecule has 2 aromatic carbocycles. The van der Waals surface area contributed by atoms with Gasteiger partial charge in [0.15, 0.2) is 0 Å². The number of nitrogens with zero attached hydrogens (tertiary/aromatic N) is 1. The highest BCUT2D eigenvalue weighted by Crippen LogP contribution is 2.33. The van der Waals surface area contributed by atoms with Gasteiger partial charge in [-0.2, -0.15) is 8.42 Å². The molecule has 0 unspecified atom stereocenters. The molecule has 0 bridgehead atoms. The van der Waals surface area contributed by atoms with E-state index >= 15 is 0 Å². The van der Waals surface area contributed by atoms with Gasteiger partial charge in [0.2, 0.25) is 0 Å². The van der Waals surface area contributed by atoms with E-state index in [4.69, 9.17) is 16.3 Å². The first-order chi connectivity index (χ1) is 10.5. The number of hydrogen-bond donors (Lipinski definition) is 1. The van der Waals surface area contributed by atoms with Gasteiger partial charge < -0.3 is 4.74 Å². The Hall–Kier alpha value is -1.92. The first-order valence-electron chi connectivity index (χ1n) is 6.76. The maximum Gasteiger partial charge on any atom is 0.324 e. The molecule has 0 spiro atoms. The Bertz CT molecular complexity index is 808. The number of aryl methyl sites for hydroxylation is 1. The van der Waals surface area contributed by atoms with Crippen LogP contribution < -0.4 is 13.8 Å². The van der Waals surface area contributed by atoms with Gasteiger partial charge in [-0.3, -0.25) is 4.72 Å². The SMILES string of the molecule is Cc1cc(Cl)ccc1NS(=O)(=O)N1CCOc2ccccc21. The Morgan fingerprint density at radius 2 is 2.00 bits per heavy atom. The summed E-state index contributed by atoms with van der Waals surface area (Å²) < 4.78 is 34.8. The summed E-state index contributed by atoms with van der Waals surface area (Å²) >= 11 is 5.90. The minimum Gasteiger partial charge on any atom is -0.489 e. The van der Waals surface area contributed by atoms with Gasteiger partial charge in [-0.05, 0) is 42.8 Å². The number of benzene rings is 2. The van der Waals surface area contributed by atoms with Crippen LogP contribution in [0.2, 0.25) is 5.02 Å². The summed E-state index contributed by atoms with van der Waals surface area (Å²) in [5.74, 6) is 0.562. The second-order valence-corrected chi connectivity index (χ2v) is 6.99. The summed E-state index contributed by atoms with van der Waals surface area (Å²) in [6.07, 6.45) is 0. The van der Waals surface area contributed by atoms with Crippen molar-refractivity contribution in [2.75, 3.05) is 22.2 Å². The molecule has 0 atom stereocenters. The van der Waals surface area contributed by atoms with E-state index in [2.05, 4.69) is 4.72 Å². The molecule has 22 heavy (non-hydrogen) atoms. The number of hydrogen-bond acceptors (Lipinski definition) is 3. The lowest BCUT2D eigenvalue weighted by molar-refractivity contribution is 0.316. The van der Waals surface area contributed by atoms with E-state index < -0.39 is 10.2 Å². The van der Waals surface area contributed by atoms with Gasteiger partial charge in [-0.25, -0.2) is 4.31 Å². The summed E-state index contributed by atoms with van der Waals surface area (Å²) in [6, 6.07) is 12.1. The fourth-order valence-corrected chi connectivity index (χ4v) is 3.90. The van der Waals surface area contributed by atoms with Crippen molar-refractivity contribution < 1.29 is 13.2 Å². The quantitative estimate of drug-likeness (QED) is 0.935. The van der Waals surface area contributed by atoms with Gasteiger partial charge in [0.25, 0.3) is 0 Å². The van der Waals surface area contributed by atoms with Crippen LogP contribution in [0.5, 0.6) is 5.75 Å². The van der Waals surface area contributed by atoms with Crippen LogP contribution in [0.25, 0.3) is 0 Å². The van der Waals surface area contributed by atoms with Crippen molar-refractivity contribution in [1.29, 1.82) is 0 Å². The first-order valence-corrected chi connectivity index (χ1v) is 8.58. The maximum atomic E-state index is 12.7. The summed E-state index contributed by atoms with van der Waals surface area (Å²) in [6.45, 7) is 2.38. The van der Waals surface area contributed by atoms with Crippen LogP contribution in [-0.2, 0) is 10.2 Å². The predicted molar refractivity (Wildman–Crippen MR) is 88.0 cm³/mol. The zero-order valence-corrected chi connectivity index (χ0v) is 13.5. The number of rotatable bonds is 3. The van der Waals surface area contributed by atoms with Gasteiger partial charge >= 0.3 is 10.2 Å². The lowest BCUT2D eigenvalue weighted by atomic mass is 10.2. The van der Waals surface area contributed by atoms with E-state index in [1.807, 2.05) is 6.07 Å². The van der Waals surface area contributed by atoms with Crippen molar-refractivity contribution in [1.82, 2.24) is 0 Å². The van der Waals surface area contributed by atoms with E-state index in [1.165, 1.54) is 4.31 Å². The third-order valence-corrected chi connectivity index (χ3v) is 5.08. The number of para-hydroxylation sites is 2. The molecule has 1 aliphatic heterocycles. The van der Waals surface area contributed by atoms with Gasteiger partial charge in [0.1, 0.15) is 12.4 Å². The van der Waals surface area contributed by atoms with Crippen LogP contribution in [0.15, 0.2) is 42.5 Å². The molecule has 0 aromatic heterocycles. The predicted octanol–water partition coefficient (Wildman–Crippen LogP) is 3.20. The molecule has 0 amide bonds. The Morgan fingerprint density at radius 3 is 2.77 bits per heavy atom. The molecule has 0 radical (unpaired) electrons. The number of fused-ring (bicyclic) bond motifs is 1. The Morgan fingerprint density at radius 1 is 1.23 bits per heavy atom.